The van der Waals surface area contributed by atoms with Crippen molar-refractivity contribution in [2.45, 2.75) is 4.90 Å². The molecule has 0 aliphatic rings. The standard InChI is InChI=1S/C5H4BrNO2S/c6-5-2-1-4(3-7-5)10(8)9/h1-3H,(H,8,9)/p-1. The molecule has 1 heterocycles. The molecule has 1 unspecified atom stereocenters. The summed E-state index contributed by atoms with van der Waals surface area (Å²) in [5, 5.41) is 0. The highest BCUT2D eigenvalue weighted by atomic mass is 79.9. The van der Waals surface area contributed by atoms with Crippen LogP contribution in [0.25, 0.3) is 0 Å². The second-order valence-corrected chi connectivity index (χ2v) is 3.30. The Balaban J connectivity index is 3.00. The third kappa shape index (κ3) is 1.86. The molecule has 0 aliphatic heterocycles. The van der Waals surface area contributed by atoms with Crippen LogP contribution in [0.5, 0.6) is 0 Å². The Morgan fingerprint density at radius 2 is 2.30 bits per heavy atom. The molecule has 10 heavy (non-hydrogen) atoms. The van der Waals surface area contributed by atoms with Gasteiger partial charge in [0, 0.05) is 11.1 Å². The number of hydrogen-bond acceptors (Lipinski definition) is 3. The zero-order valence-corrected chi connectivity index (χ0v) is 7.18. The number of nitrogens with zero attached hydrogens (tertiary/aromatic N) is 1. The molecule has 0 N–H and O–H groups in total. The summed E-state index contributed by atoms with van der Waals surface area (Å²) in [5.74, 6) is 0. The first kappa shape index (κ1) is 7.84. The summed E-state index contributed by atoms with van der Waals surface area (Å²) < 4.78 is 21.1. The number of halogens is 1. The molecule has 1 aromatic heterocycles. The normalized spacial score (nSPS) is 13.0. The van der Waals surface area contributed by atoms with Crippen molar-refractivity contribution < 1.29 is 8.76 Å². The molecule has 3 nitrogen and oxygen atoms in total. The van der Waals surface area contributed by atoms with Crippen LogP contribution in [0, 0.1) is 0 Å². The van der Waals surface area contributed by atoms with Gasteiger partial charge in [-0.2, -0.15) is 0 Å². The van der Waals surface area contributed by atoms with E-state index in [0.717, 1.165) is 0 Å². The van der Waals surface area contributed by atoms with E-state index >= 15 is 0 Å². The molecule has 1 aromatic rings. The van der Waals surface area contributed by atoms with Crippen molar-refractivity contribution in [3.05, 3.63) is 22.9 Å². The lowest BCUT2D eigenvalue weighted by Gasteiger charge is -2.02. The van der Waals surface area contributed by atoms with E-state index in [1.807, 2.05) is 0 Å². The number of hydrogen-bond donors (Lipinski definition) is 0. The van der Waals surface area contributed by atoms with E-state index < -0.39 is 11.1 Å². The molecule has 1 atom stereocenters. The molecular weight excluding hydrogens is 218 g/mol. The fraction of sp³-hybridized carbons (Fsp3) is 0. The Morgan fingerprint density at radius 3 is 2.70 bits per heavy atom. The molecule has 0 fully saturated rings. The summed E-state index contributed by atoms with van der Waals surface area (Å²) in [7, 11) is 0. The molecule has 54 valence electrons. The lowest BCUT2D eigenvalue weighted by molar-refractivity contribution is 0.536. The van der Waals surface area contributed by atoms with Crippen LogP contribution in [0.1, 0.15) is 0 Å². The topological polar surface area (TPSA) is 53.0 Å². The number of pyridine rings is 1. The summed E-state index contributed by atoms with van der Waals surface area (Å²) in [6.07, 6.45) is 1.28. The summed E-state index contributed by atoms with van der Waals surface area (Å²) in [4.78, 5) is 3.92. The lowest BCUT2D eigenvalue weighted by atomic mass is 10.5. The van der Waals surface area contributed by atoms with Gasteiger partial charge in [-0.05, 0) is 39.1 Å². The van der Waals surface area contributed by atoms with E-state index in [9.17, 15) is 8.76 Å². The van der Waals surface area contributed by atoms with E-state index in [2.05, 4.69) is 20.9 Å². The monoisotopic (exact) mass is 220 g/mol. The van der Waals surface area contributed by atoms with Crippen LogP contribution in [-0.2, 0) is 11.1 Å². The molecule has 0 amide bonds. The molecule has 1 rings (SSSR count). The van der Waals surface area contributed by atoms with Gasteiger partial charge in [-0.3, -0.25) is 4.21 Å². The fourth-order valence-electron chi connectivity index (χ4n) is 0.461. The first-order chi connectivity index (χ1) is 4.70. The maximum atomic E-state index is 10.3. The van der Waals surface area contributed by atoms with Crippen LogP contribution in [0.3, 0.4) is 0 Å². The van der Waals surface area contributed by atoms with Gasteiger partial charge < -0.3 is 4.55 Å². The molecule has 0 aliphatic carbocycles. The zero-order valence-electron chi connectivity index (χ0n) is 4.78. The second-order valence-electron chi connectivity index (χ2n) is 1.55. The Morgan fingerprint density at radius 1 is 1.60 bits per heavy atom. The van der Waals surface area contributed by atoms with Gasteiger partial charge in [0.2, 0.25) is 0 Å². The maximum Gasteiger partial charge on any atom is 0.106 e. The predicted octanol–water partition coefficient (Wildman–Crippen LogP) is 1.08. The summed E-state index contributed by atoms with van der Waals surface area (Å²) >= 11 is 0.912. The van der Waals surface area contributed by atoms with E-state index in [0.29, 0.717) is 4.60 Å². The highest BCUT2D eigenvalue weighted by Gasteiger charge is 1.90. The fourth-order valence-corrected chi connectivity index (χ4v) is 1.01. The highest BCUT2D eigenvalue weighted by molar-refractivity contribution is 9.10. The van der Waals surface area contributed by atoms with E-state index in [1.54, 1.807) is 6.07 Å². The maximum absolute atomic E-state index is 10.3. The summed E-state index contributed by atoms with van der Waals surface area (Å²) in [6, 6.07) is 3.05. The van der Waals surface area contributed by atoms with E-state index in [4.69, 9.17) is 0 Å². The van der Waals surface area contributed by atoms with Crippen molar-refractivity contribution in [1.82, 2.24) is 4.98 Å². The van der Waals surface area contributed by atoms with E-state index in [1.165, 1.54) is 12.3 Å². The van der Waals surface area contributed by atoms with E-state index in [-0.39, 0.29) is 4.90 Å². The SMILES string of the molecule is O=S([O-])c1ccc(Br)nc1. The lowest BCUT2D eigenvalue weighted by Crippen LogP contribution is -1.88. The average molecular weight is 221 g/mol. The van der Waals surface area contributed by atoms with Crippen LogP contribution in [0.4, 0.5) is 0 Å². The predicted molar refractivity (Wildman–Crippen MR) is 39.1 cm³/mol. The van der Waals surface area contributed by atoms with Crippen LogP contribution < -0.4 is 0 Å². The van der Waals surface area contributed by atoms with Gasteiger partial charge in [0.25, 0.3) is 0 Å². The van der Waals surface area contributed by atoms with Crippen LogP contribution in [0.15, 0.2) is 27.8 Å². The largest absolute Gasteiger partial charge is 0.768 e. The van der Waals surface area contributed by atoms with Crippen LogP contribution in [-0.4, -0.2) is 13.7 Å². The molecule has 0 spiro atoms. The Labute approximate surface area is 68.9 Å². The van der Waals surface area contributed by atoms with Gasteiger partial charge in [-0.1, -0.05) is 0 Å². The molecule has 0 radical (unpaired) electrons. The van der Waals surface area contributed by atoms with Crippen molar-refractivity contribution in [2.24, 2.45) is 0 Å². The van der Waals surface area contributed by atoms with Gasteiger partial charge in [-0.25, -0.2) is 4.98 Å². The third-order valence-corrected chi connectivity index (χ3v) is 1.99. The minimum Gasteiger partial charge on any atom is -0.768 e. The Bertz CT molecular complexity index is 248. The van der Waals surface area contributed by atoms with Crippen LogP contribution >= 0.6 is 15.9 Å². The highest BCUT2D eigenvalue weighted by Crippen LogP contribution is 2.07. The summed E-state index contributed by atoms with van der Waals surface area (Å²) in [5.41, 5.74) is 0. The minimum absolute atomic E-state index is 0.197. The average Bonchev–Trinajstić information content (AvgIpc) is 1.88. The molecular formula is C5H3BrNO2S-. The molecule has 0 bridgehead atoms. The molecule has 0 saturated carbocycles. The van der Waals surface area contributed by atoms with Crippen LogP contribution in [0.2, 0.25) is 0 Å². The third-order valence-electron chi connectivity index (χ3n) is 0.893. The van der Waals surface area contributed by atoms with Crippen molar-refractivity contribution in [1.29, 1.82) is 0 Å². The van der Waals surface area contributed by atoms with Gasteiger partial charge >= 0.3 is 0 Å². The first-order valence-corrected chi connectivity index (χ1v) is 4.28. The first-order valence-electron chi connectivity index (χ1n) is 2.41. The van der Waals surface area contributed by atoms with Gasteiger partial charge in [0.1, 0.15) is 4.60 Å². The van der Waals surface area contributed by atoms with Gasteiger partial charge in [-0.15, -0.1) is 0 Å². The minimum atomic E-state index is -2.17. The zero-order chi connectivity index (χ0) is 7.56. The van der Waals surface area contributed by atoms with Gasteiger partial charge in [0.05, 0.1) is 0 Å². The Hall–Kier alpha value is -0.260. The van der Waals surface area contributed by atoms with Crippen molar-refractivity contribution in [3.63, 3.8) is 0 Å². The number of aromatic nitrogens is 1. The smallest absolute Gasteiger partial charge is 0.106 e. The summed E-state index contributed by atoms with van der Waals surface area (Å²) in [6.45, 7) is 0. The molecule has 0 aromatic carbocycles. The van der Waals surface area contributed by atoms with Crippen molar-refractivity contribution >= 4 is 27.0 Å². The molecule has 5 heteroatoms. The van der Waals surface area contributed by atoms with Crippen molar-refractivity contribution in [2.75, 3.05) is 0 Å². The Kier molecular flexibility index (Phi) is 2.53. The quantitative estimate of drug-likeness (QED) is 0.526. The van der Waals surface area contributed by atoms with Crippen molar-refractivity contribution in [3.8, 4) is 0 Å². The number of rotatable bonds is 1. The molecule has 0 saturated heterocycles. The second kappa shape index (κ2) is 3.23. The van der Waals surface area contributed by atoms with Gasteiger partial charge in [0.15, 0.2) is 0 Å².